The third kappa shape index (κ3) is 4.31. The zero-order valence-electron chi connectivity index (χ0n) is 15.7. The van der Waals surface area contributed by atoms with Crippen LogP contribution in [0.3, 0.4) is 0 Å². The highest BCUT2D eigenvalue weighted by Gasteiger charge is 2.07. The average molecular weight is 403 g/mol. The van der Waals surface area contributed by atoms with Crippen molar-refractivity contribution in [2.24, 2.45) is 0 Å². The van der Waals surface area contributed by atoms with Crippen LogP contribution in [0, 0.1) is 0 Å². The molecule has 0 aliphatic heterocycles. The van der Waals surface area contributed by atoms with Gasteiger partial charge in [0, 0.05) is 40.7 Å². The lowest BCUT2D eigenvalue weighted by atomic mass is 10.0. The highest BCUT2D eigenvalue weighted by molar-refractivity contribution is 6.30. The van der Waals surface area contributed by atoms with Crippen LogP contribution in [-0.2, 0) is 0 Å². The number of carbonyl (C=O) groups excluding carboxylic acids is 1. The molecule has 29 heavy (non-hydrogen) atoms. The number of amides is 2. The van der Waals surface area contributed by atoms with Gasteiger partial charge in [0.2, 0.25) is 0 Å². The van der Waals surface area contributed by atoms with E-state index >= 15 is 0 Å². The predicted octanol–water partition coefficient (Wildman–Crippen LogP) is 6.05. The summed E-state index contributed by atoms with van der Waals surface area (Å²) in [6, 6.07) is 23.2. The molecule has 0 spiro atoms. The SMILES string of the molecule is CNC(=O)Nc1ccc(-c2ccc3nccc(Nc4cccc(Cl)c4)c3c2)cc1. The number of anilines is 3. The molecule has 144 valence electrons. The summed E-state index contributed by atoms with van der Waals surface area (Å²) in [6.45, 7) is 0. The first-order chi connectivity index (χ1) is 14.1. The largest absolute Gasteiger partial charge is 0.355 e. The van der Waals surface area contributed by atoms with E-state index in [-0.39, 0.29) is 6.03 Å². The Morgan fingerprint density at radius 1 is 0.897 bits per heavy atom. The third-order valence-corrected chi connectivity index (χ3v) is 4.78. The number of aromatic nitrogens is 1. The lowest BCUT2D eigenvalue weighted by Crippen LogP contribution is -2.24. The second-order valence-corrected chi connectivity index (χ2v) is 6.94. The van der Waals surface area contributed by atoms with E-state index in [0.717, 1.165) is 39.1 Å². The van der Waals surface area contributed by atoms with Gasteiger partial charge in [-0.25, -0.2) is 4.79 Å². The standard InChI is InChI=1S/C23H19ClN4O/c1-25-23(29)28-18-8-5-15(6-9-18)16-7-10-21-20(13-16)22(11-12-26-21)27-19-4-2-3-17(24)14-19/h2-14H,1H3,(H,26,27)(H2,25,28,29). The van der Waals surface area contributed by atoms with Crippen LogP contribution < -0.4 is 16.0 Å². The van der Waals surface area contributed by atoms with Gasteiger partial charge in [0.15, 0.2) is 0 Å². The first kappa shape index (κ1) is 18.8. The molecule has 5 nitrogen and oxygen atoms in total. The summed E-state index contributed by atoms with van der Waals surface area (Å²) in [6.07, 6.45) is 1.79. The highest BCUT2D eigenvalue weighted by Crippen LogP contribution is 2.31. The first-order valence-electron chi connectivity index (χ1n) is 9.13. The van der Waals surface area contributed by atoms with Crippen molar-refractivity contribution in [3.63, 3.8) is 0 Å². The van der Waals surface area contributed by atoms with E-state index < -0.39 is 0 Å². The van der Waals surface area contributed by atoms with E-state index in [1.54, 1.807) is 13.2 Å². The minimum atomic E-state index is -0.244. The molecule has 4 aromatic rings. The van der Waals surface area contributed by atoms with Gasteiger partial charge in [-0.2, -0.15) is 0 Å². The van der Waals surface area contributed by atoms with E-state index in [1.165, 1.54) is 0 Å². The van der Waals surface area contributed by atoms with Gasteiger partial charge in [0.05, 0.1) is 5.52 Å². The van der Waals surface area contributed by atoms with E-state index in [4.69, 9.17) is 11.6 Å². The minimum Gasteiger partial charge on any atom is -0.355 e. The molecule has 2 amide bonds. The topological polar surface area (TPSA) is 66.0 Å². The fraction of sp³-hybridized carbons (Fsp3) is 0.0435. The molecule has 0 aliphatic carbocycles. The molecule has 0 unspecified atom stereocenters. The smallest absolute Gasteiger partial charge is 0.318 e. The number of hydrogen-bond acceptors (Lipinski definition) is 3. The molecule has 0 bridgehead atoms. The Kier molecular flexibility index (Phi) is 5.31. The van der Waals surface area contributed by atoms with Gasteiger partial charge in [-0.3, -0.25) is 4.98 Å². The Hall–Kier alpha value is -3.57. The monoisotopic (exact) mass is 402 g/mol. The van der Waals surface area contributed by atoms with E-state index in [1.807, 2.05) is 66.7 Å². The third-order valence-electron chi connectivity index (χ3n) is 4.55. The number of carbonyl (C=O) groups is 1. The molecule has 6 heteroatoms. The molecule has 0 radical (unpaired) electrons. The molecule has 0 atom stereocenters. The fourth-order valence-electron chi connectivity index (χ4n) is 3.10. The highest BCUT2D eigenvalue weighted by atomic mass is 35.5. The summed E-state index contributed by atoms with van der Waals surface area (Å²) in [5.74, 6) is 0. The molecule has 1 aromatic heterocycles. The number of rotatable bonds is 4. The summed E-state index contributed by atoms with van der Waals surface area (Å²) in [7, 11) is 1.59. The molecule has 3 aromatic carbocycles. The molecule has 0 saturated carbocycles. The Morgan fingerprint density at radius 3 is 2.45 bits per heavy atom. The summed E-state index contributed by atoms with van der Waals surface area (Å²) >= 11 is 6.11. The van der Waals surface area contributed by atoms with Crippen molar-refractivity contribution >= 4 is 45.6 Å². The number of fused-ring (bicyclic) bond motifs is 1. The second-order valence-electron chi connectivity index (χ2n) is 6.51. The van der Waals surface area contributed by atoms with Gasteiger partial charge in [-0.15, -0.1) is 0 Å². The molecule has 3 N–H and O–H groups in total. The number of halogens is 1. The maximum atomic E-state index is 11.4. The Morgan fingerprint density at radius 2 is 1.69 bits per heavy atom. The lowest BCUT2D eigenvalue weighted by molar-refractivity contribution is 0.254. The summed E-state index contributed by atoms with van der Waals surface area (Å²) < 4.78 is 0. The van der Waals surface area contributed by atoms with Crippen LogP contribution in [0.1, 0.15) is 0 Å². The molecule has 0 fully saturated rings. The lowest BCUT2D eigenvalue weighted by Gasteiger charge is -2.12. The summed E-state index contributed by atoms with van der Waals surface area (Å²) in [5, 5.41) is 10.4. The van der Waals surface area contributed by atoms with Gasteiger partial charge in [-0.1, -0.05) is 35.9 Å². The van der Waals surface area contributed by atoms with Crippen molar-refractivity contribution in [3.8, 4) is 11.1 Å². The van der Waals surface area contributed by atoms with Crippen LogP contribution >= 0.6 is 11.6 Å². The van der Waals surface area contributed by atoms with Crippen LogP contribution in [0.5, 0.6) is 0 Å². The normalized spacial score (nSPS) is 10.6. The zero-order valence-corrected chi connectivity index (χ0v) is 16.5. The van der Waals surface area contributed by atoms with Crippen molar-refractivity contribution in [2.75, 3.05) is 17.7 Å². The van der Waals surface area contributed by atoms with Crippen LogP contribution in [0.4, 0.5) is 21.9 Å². The number of urea groups is 1. The maximum absolute atomic E-state index is 11.4. The van der Waals surface area contributed by atoms with Gasteiger partial charge >= 0.3 is 6.03 Å². The van der Waals surface area contributed by atoms with E-state index in [2.05, 4.69) is 27.0 Å². The van der Waals surface area contributed by atoms with Gasteiger partial charge in [-0.05, 0) is 59.7 Å². The van der Waals surface area contributed by atoms with Crippen molar-refractivity contribution in [1.29, 1.82) is 0 Å². The Bertz CT molecular complexity index is 1180. The van der Waals surface area contributed by atoms with Crippen LogP contribution in [0.2, 0.25) is 5.02 Å². The fourth-order valence-corrected chi connectivity index (χ4v) is 3.29. The number of nitrogens with one attached hydrogen (secondary N) is 3. The van der Waals surface area contributed by atoms with Crippen molar-refractivity contribution in [2.45, 2.75) is 0 Å². The van der Waals surface area contributed by atoms with Crippen molar-refractivity contribution in [3.05, 3.63) is 84.0 Å². The number of nitrogens with zero attached hydrogens (tertiary/aromatic N) is 1. The molecule has 1 heterocycles. The van der Waals surface area contributed by atoms with E-state index in [9.17, 15) is 4.79 Å². The molecular formula is C23H19ClN4O. The minimum absolute atomic E-state index is 0.244. The first-order valence-corrected chi connectivity index (χ1v) is 9.51. The molecular weight excluding hydrogens is 384 g/mol. The maximum Gasteiger partial charge on any atom is 0.318 e. The quantitative estimate of drug-likeness (QED) is 0.389. The van der Waals surface area contributed by atoms with Crippen LogP contribution in [-0.4, -0.2) is 18.1 Å². The van der Waals surface area contributed by atoms with E-state index in [0.29, 0.717) is 5.02 Å². The predicted molar refractivity (Wildman–Crippen MR) is 120 cm³/mol. The average Bonchev–Trinajstić information content (AvgIpc) is 2.74. The molecule has 4 rings (SSSR count). The summed E-state index contributed by atoms with van der Waals surface area (Å²) in [4.78, 5) is 15.9. The summed E-state index contributed by atoms with van der Waals surface area (Å²) in [5.41, 5.74) is 5.62. The van der Waals surface area contributed by atoms with Crippen LogP contribution in [0.25, 0.3) is 22.0 Å². The van der Waals surface area contributed by atoms with Crippen molar-refractivity contribution in [1.82, 2.24) is 10.3 Å². The van der Waals surface area contributed by atoms with Gasteiger partial charge < -0.3 is 16.0 Å². The zero-order chi connectivity index (χ0) is 20.2. The van der Waals surface area contributed by atoms with Gasteiger partial charge in [0.25, 0.3) is 0 Å². The second kappa shape index (κ2) is 8.20. The number of pyridine rings is 1. The Balaban J connectivity index is 1.67. The number of benzene rings is 3. The molecule has 0 saturated heterocycles. The number of hydrogen-bond donors (Lipinski definition) is 3. The van der Waals surface area contributed by atoms with Crippen LogP contribution in [0.15, 0.2) is 79.0 Å². The van der Waals surface area contributed by atoms with Crippen molar-refractivity contribution < 1.29 is 4.79 Å². The van der Waals surface area contributed by atoms with Gasteiger partial charge in [0.1, 0.15) is 0 Å². The molecule has 0 aliphatic rings. The Labute approximate surface area is 173 Å².